The lowest BCUT2D eigenvalue weighted by Crippen LogP contribution is -2.14. The number of methoxy groups -OCH3 is 1. The third-order valence-corrected chi connectivity index (χ3v) is 5.44. The quantitative estimate of drug-likeness (QED) is 0.464. The van der Waals surface area contributed by atoms with Crippen molar-refractivity contribution in [2.24, 2.45) is 0 Å². The lowest BCUT2D eigenvalue weighted by atomic mass is 10.1. The molecule has 0 aliphatic carbocycles. The zero-order valence-electron chi connectivity index (χ0n) is 15.7. The summed E-state index contributed by atoms with van der Waals surface area (Å²) in [6.45, 7) is 5.39. The summed E-state index contributed by atoms with van der Waals surface area (Å²) < 4.78 is 12.4. The molecule has 3 aromatic rings. The van der Waals surface area contributed by atoms with Crippen LogP contribution in [0.15, 0.2) is 41.8 Å². The van der Waals surface area contributed by atoms with Gasteiger partial charge in [0.25, 0.3) is 0 Å². The van der Waals surface area contributed by atoms with Crippen molar-refractivity contribution >= 4 is 23.1 Å². The molecular formula is C21H21NO4S. The van der Waals surface area contributed by atoms with Crippen LogP contribution in [0.3, 0.4) is 0 Å². The second-order valence-corrected chi connectivity index (χ2v) is 7.17. The van der Waals surface area contributed by atoms with Crippen LogP contribution >= 0.6 is 11.3 Å². The average Bonchev–Trinajstić information content (AvgIpc) is 3.22. The second kappa shape index (κ2) is 7.80. The van der Waals surface area contributed by atoms with Gasteiger partial charge in [0.15, 0.2) is 6.61 Å². The molecule has 0 atom stereocenters. The molecule has 0 aliphatic heterocycles. The Labute approximate surface area is 162 Å². The molecule has 0 unspecified atom stereocenters. The van der Waals surface area contributed by atoms with Crippen molar-refractivity contribution in [1.29, 1.82) is 0 Å². The first-order valence-electron chi connectivity index (χ1n) is 8.50. The summed E-state index contributed by atoms with van der Waals surface area (Å²) in [5, 5.41) is 1.83. The maximum absolute atomic E-state index is 12.6. The number of nitrogens with zero attached hydrogens (tertiary/aromatic N) is 1. The fraction of sp³-hybridized carbons (Fsp3) is 0.238. The predicted octanol–water partition coefficient (Wildman–Crippen LogP) is 4.51. The third kappa shape index (κ3) is 3.80. The van der Waals surface area contributed by atoms with Crippen LogP contribution in [-0.2, 0) is 4.74 Å². The number of carbonyl (C=O) groups excluding carboxylic acids is 2. The molecule has 5 nitrogen and oxygen atoms in total. The molecule has 27 heavy (non-hydrogen) atoms. The zero-order chi connectivity index (χ0) is 19.6. The molecule has 0 fully saturated rings. The van der Waals surface area contributed by atoms with Crippen molar-refractivity contribution in [3.8, 4) is 11.4 Å². The zero-order valence-corrected chi connectivity index (χ0v) is 16.6. The maximum Gasteiger partial charge on any atom is 0.349 e. The summed E-state index contributed by atoms with van der Waals surface area (Å²) in [6, 6.07) is 11.3. The molecular weight excluding hydrogens is 362 g/mol. The molecule has 0 bridgehead atoms. The van der Waals surface area contributed by atoms with Crippen LogP contribution in [0.4, 0.5) is 0 Å². The number of aromatic nitrogens is 1. The largest absolute Gasteiger partial charge is 0.497 e. The minimum absolute atomic E-state index is 0.217. The van der Waals surface area contributed by atoms with E-state index in [1.54, 1.807) is 7.11 Å². The van der Waals surface area contributed by atoms with Crippen molar-refractivity contribution in [2.75, 3.05) is 13.7 Å². The number of hydrogen-bond donors (Lipinski definition) is 0. The number of rotatable bonds is 6. The normalized spacial score (nSPS) is 10.7. The van der Waals surface area contributed by atoms with Gasteiger partial charge in [-0.1, -0.05) is 0 Å². The molecule has 0 amide bonds. The Bertz CT molecular complexity index is 982. The van der Waals surface area contributed by atoms with Crippen LogP contribution in [0.5, 0.6) is 5.75 Å². The average molecular weight is 383 g/mol. The lowest BCUT2D eigenvalue weighted by molar-refractivity contribution is 0.0478. The first kappa shape index (κ1) is 18.9. The lowest BCUT2D eigenvalue weighted by Gasteiger charge is -2.11. The van der Waals surface area contributed by atoms with Crippen molar-refractivity contribution in [1.82, 2.24) is 4.57 Å². The highest BCUT2D eigenvalue weighted by Crippen LogP contribution is 2.23. The van der Waals surface area contributed by atoms with E-state index in [0.29, 0.717) is 10.4 Å². The van der Waals surface area contributed by atoms with E-state index >= 15 is 0 Å². The van der Waals surface area contributed by atoms with Crippen LogP contribution in [-0.4, -0.2) is 30.0 Å². The van der Waals surface area contributed by atoms with Gasteiger partial charge in [0.05, 0.1) is 7.11 Å². The Morgan fingerprint density at radius 3 is 2.37 bits per heavy atom. The molecule has 0 saturated heterocycles. The van der Waals surface area contributed by atoms with Crippen LogP contribution in [0.25, 0.3) is 5.69 Å². The first-order chi connectivity index (χ1) is 12.9. The SMILES string of the molecule is COc1ccc(-n2c(C)cc(C(=O)COC(=O)c3sccc3C)c2C)cc1. The van der Waals surface area contributed by atoms with Crippen LogP contribution < -0.4 is 4.74 Å². The Hall–Kier alpha value is -2.86. The Kier molecular flexibility index (Phi) is 5.46. The summed E-state index contributed by atoms with van der Waals surface area (Å²) in [5.74, 6) is 0.0959. The minimum Gasteiger partial charge on any atom is -0.497 e. The molecule has 0 N–H and O–H groups in total. The second-order valence-electron chi connectivity index (χ2n) is 6.25. The van der Waals surface area contributed by atoms with E-state index < -0.39 is 5.97 Å². The molecule has 2 aromatic heterocycles. The van der Waals surface area contributed by atoms with Crippen molar-refractivity contribution in [2.45, 2.75) is 20.8 Å². The van der Waals surface area contributed by atoms with E-state index in [0.717, 1.165) is 28.4 Å². The summed E-state index contributed by atoms with van der Waals surface area (Å²) in [4.78, 5) is 25.3. The molecule has 0 aliphatic rings. The molecule has 3 rings (SSSR count). The van der Waals surface area contributed by atoms with Crippen molar-refractivity contribution in [3.63, 3.8) is 0 Å². The molecule has 6 heteroatoms. The number of esters is 1. The number of benzene rings is 1. The molecule has 0 saturated carbocycles. The van der Waals surface area contributed by atoms with E-state index in [2.05, 4.69) is 0 Å². The topological polar surface area (TPSA) is 57.5 Å². The summed E-state index contributed by atoms with van der Waals surface area (Å²) in [5.41, 5.74) is 4.10. The van der Waals surface area contributed by atoms with E-state index in [9.17, 15) is 9.59 Å². The number of ketones is 1. The van der Waals surface area contributed by atoms with Gasteiger partial charge in [0, 0.05) is 22.6 Å². The first-order valence-corrected chi connectivity index (χ1v) is 9.38. The number of hydrogen-bond acceptors (Lipinski definition) is 5. The molecule has 140 valence electrons. The summed E-state index contributed by atoms with van der Waals surface area (Å²) >= 11 is 1.31. The molecule has 1 aromatic carbocycles. The van der Waals surface area contributed by atoms with E-state index in [4.69, 9.17) is 9.47 Å². The fourth-order valence-electron chi connectivity index (χ4n) is 3.03. The van der Waals surface area contributed by atoms with E-state index in [-0.39, 0.29) is 12.4 Å². The van der Waals surface area contributed by atoms with Gasteiger partial charge in [-0.3, -0.25) is 4.79 Å². The minimum atomic E-state index is -0.459. The standard InChI is InChI=1S/C21H21NO4S/c1-13-9-10-27-20(13)21(24)26-12-19(23)18-11-14(2)22(15(18)3)16-5-7-17(25-4)8-6-16/h5-11H,12H2,1-4H3. The number of aryl methyl sites for hydroxylation is 2. The predicted molar refractivity (Wildman–Crippen MR) is 105 cm³/mol. The van der Waals surface area contributed by atoms with E-state index in [1.807, 2.05) is 67.1 Å². The smallest absolute Gasteiger partial charge is 0.349 e. The van der Waals surface area contributed by atoms with Crippen LogP contribution in [0, 0.1) is 20.8 Å². The van der Waals surface area contributed by atoms with Gasteiger partial charge < -0.3 is 14.0 Å². The van der Waals surface area contributed by atoms with Crippen LogP contribution in [0.1, 0.15) is 37.0 Å². The van der Waals surface area contributed by atoms with Crippen molar-refractivity contribution in [3.05, 3.63) is 69.2 Å². The Morgan fingerprint density at radius 1 is 1.07 bits per heavy atom. The van der Waals surface area contributed by atoms with Gasteiger partial charge in [0.1, 0.15) is 10.6 Å². The highest BCUT2D eigenvalue weighted by atomic mass is 32.1. The molecule has 2 heterocycles. The van der Waals surface area contributed by atoms with Gasteiger partial charge in [-0.2, -0.15) is 0 Å². The van der Waals surface area contributed by atoms with Crippen LogP contribution in [0.2, 0.25) is 0 Å². The Balaban J connectivity index is 1.77. The van der Waals surface area contributed by atoms with Crippen molar-refractivity contribution < 1.29 is 19.1 Å². The van der Waals surface area contributed by atoms with Gasteiger partial charge in [-0.25, -0.2) is 4.79 Å². The number of Topliss-reactive ketones (excluding diaryl/α,β-unsaturated/α-hetero) is 1. The third-order valence-electron chi connectivity index (χ3n) is 4.44. The highest BCUT2D eigenvalue weighted by molar-refractivity contribution is 7.12. The highest BCUT2D eigenvalue weighted by Gasteiger charge is 2.19. The van der Waals surface area contributed by atoms with E-state index in [1.165, 1.54) is 11.3 Å². The van der Waals surface area contributed by atoms with Gasteiger partial charge >= 0.3 is 5.97 Å². The van der Waals surface area contributed by atoms with Gasteiger partial charge in [0.2, 0.25) is 5.78 Å². The van der Waals surface area contributed by atoms with Gasteiger partial charge in [-0.15, -0.1) is 11.3 Å². The van der Waals surface area contributed by atoms with Gasteiger partial charge in [-0.05, 0) is 68.1 Å². The maximum atomic E-state index is 12.6. The molecule has 0 radical (unpaired) electrons. The summed E-state index contributed by atoms with van der Waals surface area (Å²) in [6.07, 6.45) is 0. The molecule has 0 spiro atoms. The number of thiophene rings is 1. The summed E-state index contributed by atoms with van der Waals surface area (Å²) in [7, 11) is 1.62. The fourth-order valence-corrected chi connectivity index (χ4v) is 3.85. The Morgan fingerprint density at radius 2 is 1.78 bits per heavy atom. The number of ether oxygens (including phenoxy) is 2. The number of carbonyl (C=O) groups is 2. The monoisotopic (exact) mass is 383 g/mol.